The summed E-state index contributed by atoms with van der Waals surface area (Å²) in [5.41, 5.74) is 5.42. The molecule has 0 spiro atoms. The van der Waals surface area contributed by atoms with E-state index < -0.39 is 17.5 Å². The van der Waals surface area contributed by atoms with Crippen LogP contribution in [0.15, 0.2) is 30.3 Å². The van der Waals surface area contributed by atoms with Gasteiger partial charge in [0.05, 0.1) is 5.75 Å². The van der Waals surface area contributed by atoms with E-state index in [0.717, 1.165) is 5.56 Å². The van der Waals surface area contributed by atoms with Crippen LogP contribution in [0.25, 0.3) is 0 Å². The van der Waals surface area contributed by atoms with Crippen molar-refractivity contribution in [1.29, 1.82) is 0 Å². The largest absolute Gasteiger partial charge is 0.381 e. The molecule has 1 aromatic rings. The number of amides is 3. The first-order valence-corrected chi connectivity index (χ1v) is 9.79. The average Bonchev–Trinajstić information content (AvgIpc) is 2.67. The molecule has 1 atom stereocenters. The maximum absolute atomic E-state index is 13.2. The standard InChI is InChI=1S/C18H23N3O4S/c19-16(23)14-11-26-12-15(22)21(14)18(6-8-25-9-7-18)17(24)20-10-13-4-2-1-3-5-13/h1-5,14H,6-12H2,(H2,19,23)(H,20,24)/t14-/m0/s1. The maximum atomic E-state index is 13.2. The third kappa shape index (κ3) is 3.71. The van der Waals surface area contributed by atoms with E-state index >= 15 is 0 Å². The molecule has 0 aromatic heterocycles. The fourth-order valence-corrected chi connectivity index (χ4v) is 4.52. The van der Waals surface area contributed by atoms with Gasteiger partial charge in [0.15, 0.2) is 0 Å². The molecular weight excluding hydrogens is 354 g/mol. The zero-order valence-electron chi connectivity index (χ0n) is 14.5. The maximum Gasteiger partial charge on any atom is 0.246 e. The second-order valence-corrected chi connectivity index (χ2v) is 7.54. The van der Waals surface area contributed by atoms with Crippen molar-refractivity contribution in [1.82, 2.24) is 10.2 Å². The van der Waals surface area contributed by atoms with Crippen LogP contribution in [-0.2, 0) is 25.7 Å². The molecule has 3 rings (SSSR count). The normalized spacial score (nSPS) is 22.7. The van der Waals surface area contributed by atoms with Crippen LogP contribution in [-0.4, -0.2) is 58.9 Å². The lowest BCUT2D eigenvalue weighted by atomic mass is 9.85. The smallest absolute Gasteiger partial charge is 0.246 e. The lowest BCUT2D eigenvalue weighted by Gasteiger charge is -2.49. The Morgan fingerprint density at radius 1 is 1.27 bits per heavy atom. The van der Waals surface area contributed by atoms with E-state index in [4.69, 9.17) is 10.5 Å². The Bertz CT molecular complexity index is 676. The van der Waals surface area contributed by atoms with Gasteiger partial charge >= 0.3 is 0 Å². The summed E-state index contributed by atoms with van der Waals surface area (Å²) < 4.78 is 5.42. The van der Waals surface area contributed by atoms with Crippen LogP contribution in [0.5, 0.6) is 0 Å². The number of hydrogen-bond donors (Lipinski definition) is 2. The van der Waals surface area contributed by atoms with E-state index in [0.29, 0.717) is 38.4 Å². The highest BCUT2D eigenvalue weighted by molar-refractivity contribution is 8.00. The highest BCUT2D eigenvalue weighted by Crippen LogP contribution is 2.34. The lowest BCUT2D eigenvalue weighted by Crippen LogP contribution is -2.69. The molecule has 0 saturated carbocycles. The van der Waals surface area contributed by atoms with Gasteiger partial charge in [-0.15, -0.1) is 11.8 Å². The Morgan fingerprint density at radius 2 is 1.96 bits per heavy atom. The third-order valence-corrected chi connectivity index (χ3v) is 5.91. The van der Waals surface area contributed by atoms with Crippen molar-refractivity contribution in [3.63, 3.8) is 0 Å². The summed E-state index contributed by atoms with van der Waals surface area (Å²) in [5.74, 6) is -0.390. The second-order valence-electron chi connectivity index (χ2n) is 6.51. The van der Waals surface area contributed by atoms with Gasteiger partial charge in [-0.25, -0.2) is 0 Å². The van der Waals surface area contributed by atoms with Crippen molar-refractivity contribution in [3.05, 3.63) is 35.9 Å². The van der Waals surface area contributed by atoms with E-state index in [2.05, 4.69) is 5.32 Å². The molecule has 8 heteroatoms. The Morgan fingerprint density at radius 3 is 2.62 bits per heavy atom. The Kier molecular flexibility index (Phi) is 5.83. The number of nitrogens with one attached hydrogen (secondary N) is 1. The van der Waals surface area contributed by atoms with Gasteiger partial charge in [-0.2, -0.15) is 0 Å². The van der Waals surface area contributed by atoms with Gasteiger partial charge in [0, 0.05) is 38.4 Å². The molecule has 140 valence electrons. The van der Waals surface area contributed by atoms with Crippen LogP contribution in [0.4, 0.5) is 0 Å². The Labute approximate surface area is 156 Å². The molecule has 0 bridgehead atoms. The summed E-state index contributed by atoms with van der Waals surface area (Å²) in [6.07, 6.45) is 0.710. The topological polar surface area (TPSA) is 102 Å². The number of hydrogen-bond acceptors (Lipinski definition) is 5. The SMILES string of the molecule is NC(=O)[C@@H]1CSCC(=O)N1C1(C(=O)NCc2ccccc2)CCOCC1. The summed E-state index contributed by atoms with van der Waals surface area (Å²) in [4.78, 5) is 39.2. The number of nitrogens with zero attached hydrogens (tertiary/aromatic N) is 1. The van der Waals surface area contributed by atoms with Gasteiger partial charge in [0.25, 0.3) is 0 Å². The summed E-state index contributed by atoms with van der Waals surface area (Å²) >= 11 is 1.37. The van der Waals surface area contributed by atoms with Crippen LogP contribution in [0.1, 0.15) is 18.4 Å². The molecule has 3 N–H and O–H groups in total. The van der Waals surface area contributed by atoms with Crippen LogP contribution in [0, 0.1) is 0 Å². The van der Waals surface area contributed by atoms with Gasteiger partial charge in [-0.3, -0.25) is 14.4 Å². The van der Waals surface area contributed by atoms with Gasteiger partial charge in [-0.1, -0.05) is 30.3 Å². The highest BCUT2D eigenvalue weighted by atomic mass is 32.2. The summed E-state index contributed by atoms with van der Waals surface area (Å²) in [7, 11) is 0. The van der Waals surface area contributed by atoms with Crippen molar-refractivity contribution in [2.75, 3.05) is 24.7 Å². The van der Waals surface area contributed by atoms with Crippen LogP contribution in [0.3, 0.4) is 0 Å². The predicted molar refractivity (Wildman–Crippen MR) is 98.2 cm³/mol. The van der Waals surface area contributed by atoms with Crippen molar-refractivity contribution in [2.45, 2.75) is 31.0 Å². The minimum Gasteiger partial charge on any atom is -0.381 e. The molecule has 2 aliphatic heterocycles. The number of benzene rings is 1. The van der Waals surface area contributed by atoms with E-state index in [-0.39, 0.29) is 17.6 Å². The van der Waals surface area contributed by atoms with Crippen molar-refractivity contribution in [3.8, 4) is 0 Å². The molecule has 2 aliphatic rings. The van der Waals surface area contributed by atoms with E-state index in [1.165, 1.54) is 16.7 Å². The fraction of sp³-hybridized carbons (Fsp3) is 0.500. The first kappa shape index (κ1) is 18.7. The number of nitrogens with two attached hydrogens (primary N) is 1. The molecule has 0 radical (unpaired) electrons. The molecule has 2 fully saturated rings. The van der Waals surface area contributed by atoms with Crippen molar-refractivity contribution in [2.24, 2.45) is 5.73 Å². The van der Waals surface area contributed by atoms with Crippen LogP contribution >= 0.6 is 11.8 Å². The summed E-state index contributed by atoms with van der Waals surface area (Å²) in [6, 6.07) is 8.78. The van der Waals surface area contributed by atoms with Gasteiger partial charge in [0.1, 0.15) is 11.6 Å². The van der Waals surface area contributed by atoms with E-state index in [1.807, 2.05) is 30.3 Å². The fourth-order valence-electron chi connectivity index (χ4n) is 3.55. The minimum atomic E-state index is -1.09. The van der Waals surface area contributed by atoms with Crippen LogP contribution in [0.2, 0.25) is 0 Å². The average molecular weight is 377 g/mol. The summed E-state index contributed by atoms with van der Waals surface area (Å²) in [5, 5.41) is 2.94. The Hall–Kier alpha value is -2.06. The second kappa shape index (κ2) is 8.09. The lowest BCUT2D eigenvalue weighted by molar-refractivity contribution is -0.159. The van der Waals surface area contributed by atoms with Gasteiger partial charge in [0.2, 0.25) is 17.7 Å². The number of thioether (sulfide) groups is 1. The van der Waals surface area contributed by atoms with Crippen LogP contribution < -0.4 is 11.1 Å². The molecule has 7 nitrogen and oxygen atoms in total. The van der Waals surface area contributed by atoms with Gasteiger partial charge < -0.3 is 20.7 Å². The molecule has 2 saturated heterocycles. The van der Waals surface area contributed by atoms with E-state index in [1.54, 1.807) is 0 Å². The zero-order chi connectivity index (χ0) is 18.6. The Balaban J connectivity index is 1.86. The third-order valence-electron chi connectivity index (χ3n) is 4.91. The molecule has 0 aliphatic carbocycles. The molecule has 2 heterocycles. The molecule has 0 unspecified atom stereocenters. The molecule has 3 amide bonds. The van der Waals surface area contributed by atoms with E-state index in [9.17, 15) is 14.4 Å². The molecule has 1 aromatic carbocycles. The summed E-state index contributed by atoms with van der Waals surface area (Å²) in [6.45, 7) is 1.09. The number of ether oxygens (including phenoxy) is 1. The zero-order valence-corrected chi connectivity index (χ0v) is 15.3. The quantitative estimate of drug-likeness (QED) is 0.768. The first-order chi connectivity index (χ1) is 12.5. The van der Waals surface area contributed by atoms with Crippen molar-refractivity contribution < 1.29 is 19.1 Å². The first-order valence-electron chi connectivity index (χ1n) is 8.64. The molecular formula is C18H23N3O4S. The number of primary amides is 1. The number of carbonyl (C=O) groups is 3. The van der Waals surface area contributed by atoms with Gasteiger partial charge in [-0.05, 0) is 5.56 Å². The van der Waals surface area contributed by atoms with Crippen molar-refractivity contribution >= 4 is 29.5 Å². The number of rotatable bonds is 5. The number of carbonyl (C=O) groups excluding carboxylic acids is 3. The highest BCUT2D eigenvalue weighted by Gasteiger charge is 2.52. The molecule has 26 heavy (non-hydrogen) atoms. The predicted octanol–water partition coefficient (Wildman–Crippen LogP) is 0.281. The monoisotopic (exact) mass is 377 g/mol. The minimum absolute atomic E-state index is 0.221.